The van der Waals surface area contributed by atoms with Crippen LogP contribution in [-0.2, 0) is 19.4 Å². The minimum atomic E-state index is 0.175. The molecule has 3 rings (SSSR count). The van der Waals surface area contributed by atoms with Crippen molar-refractivity contribution in [2.75, 3.05) is 0 Å². The largest absolute Gasteiger partial charge is 0.334 e. The van der Waals surface area contributed by atoms with Gasteiger partial charge in [-0.3, -0.25) is 0 Å². The lowest BCUT2D eigenvalue weighted by molar-refractivity contribution is 0.295. The van der Waals surface area contributed by atoms with E-state index >= 15 is 0 Å². The third-order valence-corrected chi connectivity index (χ3v) is 4.05. The van der Waals surface area contributed by atoms with Crippen molar-refractivity contribution in [3.8, 4) is 0 Å². The number of rotatable bonds is 2. The Bertz CT molecular complexity index is 376. The molecule has 1 aliphatic heterocycles. The van der Waals surface area contributed by atoms with Crippen LogP contribution in [-0.4, -0.2) is 15.1 Å². The highest BCUT2D eigenvalue weighted by Crippen LogP contribution is 2.43. The van der Waals surface area contributed by atoms with Gasteiger partial charge in [0, 0.05) is 24.7 Å². The second-order valence-corrected chi connectivity index (χ2v) is 5.12. The molecule has 2 heterocycles. The molecule has 1 atom stereocenters. The zero-order valence-corrected chi connectivity index (χ0v) is 9.37. The predicted molar refractivity (Wildman–Crippen MR) is 59.6 cm³/mol. The Kier molecular flexibility index (Phi) is 1.93. The summed E-state index contributed by atoms with van der Waals surface area (Å²) in [6, 6.07) is 0. The number of aryl methyl sites for hydroxylation is 2. The molecule has 0 amide bonds. The second kappa shape index (κ2) is 3.08. The van der Waals surface area contributed by atoms with Crippen molar-refractivity contribution in [2.45, 2.75) is 51.1 Å². The quantitative estimate of drug-likeness (QED) is 0.795. The molecule has 1 aliphatic carbocycles. The SMILES string of the molecule is CCc1cn2c(n1)CCC(C1(N)CC1)C2. The fraction of sp³-hybridized carbons (Fsp3) is 0.750. The van der Waals surface area contributed by atoms with Crippen molar-refractivity contribution in [1.29, 1.82) is 0 Å². The van der Waals surface area contributed by atoms with Crippen LogP contribution in [0, 0.1) is 5.92 Å². The lowest BCUT2D eigenvalue weighted by atomic mass is 9.90. The van der Waals surface area contributed by atoms with Gasteiger partial charge in [0.2, 0.25) is 0 Å². The molecule has 82 valence electrons. The Morgan fingerprint density at radius 1 is 1.60 bits per heavy atom. The molecule has 0 aromatic carbocycles. The number of hydrogen-bond donors (Lipinski definition) is 1. The van der Waals surface area contributed by atoms with Crippen molar-refractivity contribution in [1.82, 2.24) is 9.55 Å². The van der Waals surface area contributed by atoms with E-state index in [0.29, 0.717) is 5.92 Å². The van der Waals surface area contributed by atoms with Gasteiger partial charge in [0.1, 0.15) is 5.82 Å². The minimum Gasteiger partial charge on any atom is -0.334 e. The Labute approximate surface area is 90.7 Å². The van der Waals surface area contributed by atoms with Crippen LogP contribution in [0.15, 0.2) is 6.20 Å². The first-order chi connectivity index (χ1) is 7.21. The summed E-state index contributed by atoms with van der Waals surface area (Å²) in [5, 5.41) is 0. The maximum absolute atomic E-state index is 6.28. The molecule has 3 nitrogen and oxygen atoms in total. The third-order valence-electron chi connectivity index (χ3n) is 4.05. The summed E-state index contributed by atoms with van der Waals surface area (Å²) in [5.41, 5.74) is 7.69. The summed E-state index contributed by atoms with van der Waals surface area (Å²) in [4.78, 5) is 4.63. The van der Waals surface area contributed by atoms with Crippen molar-refractivity contribution in [3.63, 3.8) is 0 Å². The summed E-state index contributed by atoms with van der Waals surface area (Å²) < 4.78 is 2.33. The summed E-state index contributed by atoms with van der Waals surface area (Å²) in [7, 11) is 0. The lowest BCUT2D eigenvalue weighted by Gasteiger charge is -2.28. The molecule has 1 aromatic rings. The standard InChI is InChI=1S/C12H19N3/c1-2-10-8-15-7-9(12(13)5-6-12)3-4-11(15)14-10/h8-9H,2-7,13H2,1H3. The number of nitrogens with two attached hydrogens (primary N) is 1. The van der Waals surface area contributed by atoms with Crippen molar-refractivity contribution in [3.05, 3.63) is 17.7 Å². The van der Waals surface area contributed by atoms with Gasteiger partial charge in [-0.05, 0) is 31.6 Å². The molecule has 1 fully saturated rings. The van der Waals surface area contributed by atoms with E-state index in [2.05, 4.69) is 22.7 Å². The van der Waals surface area contributed by atoms with Crippen LogP contribution >= 0.6 is 0 Å². The summed E-state index contributed by atoms with van der Waals surface area (Å²) >= 11 is 0. The van der Waals surface area contributed by atoms with E-state index in [4.69, 9.17) is 5.73 Å². The summed E-state index contributed by atoms with van der Waals surface area (Å²) in [5.74, 6) is 1.95. The molecule has 0 spiro atoms. The van der Waals surface area contributed by atoms with E-state index in [-0.39, 0.29) is 5.54 Å². The Morgan fingerprint density at radius 3 is 3.07 bits per heavy atom. The lowest BCUT2D eigenvalue weighted by Crippen LogP contribution is -2.38. The predicted octanol–water partition coefficient (Wildman–Crippen LogP) is 1.50. The molecule has 3 heteroatoms. The molecule has 0 radical (unpaired) electrons. The van der Waals surface area contributed by atoms with E-state index in [0.717, 1.165) is 19.4 Å². The van der Waals surface area contributed by atoms with E-state index in [9.17, 15) is 0 Å². The topological polar surface area (TPSA) is 43.8 Å². The maximum atomic E-state index is 6.28. The Morgan fingerprint density at radius 2 is 2.40 bits per heavy atom. The van der Waals surface area contributed by atoms with Gasteiger partial charge in [-0.2, -0.15) is 0 Å². The zero-order chi connectivity index (χ0) is 10.5. The van der Waals surface area contributed by atoms with E-state index in [1.54, 1.807) is 0 Å². The smallest absolute Gasteiger partial charge is 0.108 e. The molecule has 2 N–H and O–H groups in total. The highest BCUT2D eigenvalue weighted by molar-refractivity contribution is 5.11. The fourth-order valence-electron chi connectivity index (χ4n) is 2.70. The molecule has 0 saturated heterocycles. The molecular formula is C12H19N3. The Hall–Kier alpha value is -0.830. The first-order valence-corrected chi connectivity index (χ1v) is 6.05. The number of imidazole rings is 1. The van der Waals surface area contributed by atoms with Gasteiger partial charge in [0.05, 0.1) is 5.69 Å². The number of hydrogen-bond acceptors (Lipinski definition) is 2. The van der Waals surface area contributed by atoms with E-state index in [1.165, 1.54) is 30.8 Å². The van der Waals surface area contributed by atoms with E-state index in [1.807, 2.05) is 0 Å². The monoisotopic (exact) mass is 205 g/mol. The molecule has 0 bridgehead atoms. The van der Waals surface area contributed by atoms with Crippen LogP contribution in [0.2, 0.25) is 0 Å². The first-order valence-electron chi connectivity index (χ1n) is 6.05. The normalized spacial score (nSPS) is 27.5. The molecule has 1 saturated carbocycles. The zero-order valence-electron chi connectivity index (χ0n) is 9.37. The van der Waals surface area contributed by atoms with Gasteiger partial charge >= 0.3 is 0 Å². The number of fused-ring (bicyclic) bond motifs is 1. The van der Waals surface area contributed by atoms with Crippen LogP contribution in [0.3, 0.4) is 0 Å². The number of nitrogens with zero attached hydrogens (tertiary/aromatic N) is 2. The molecule has 1 unspecified atom stereocenters. The highest BCUT2D eigenvalue weighted by Gasteiger charge is 2.46. The number of aromatic nitrogens is 2. The van der Waals surface area contributed by atoms with Gasteiger partial charge in [-0.1, -0.05) is 6.92 Å². The maximum Gasteiger partial charge on any atom is 0.108 e. The van der Waals surface area contributed by atoms with E-state index < -0.39 is 0 Å². The van der Waals surface area contributed by atoms with Gasteiger partial charge in [0.15, 0.2) is 0 Å². The third kappa shape index (κ3) is 1.49. The van der Waals surface area contributed by atoms with Crippen LogP contribution in [0.1, 0.15) is 37.7 Å². The van der Waals surface area contributed by atoms with Crippen molar-refractivity contribution in [2.24, 2.45) is 11.7 Å². The van der Waals surface area contributed by atoms with Gasteiger partial charge in [-0.25, -0.2) is 4.98 Å². The fourth-order valence-corrected chi connectivity index (χ4v) is 2.70. The average molecular weight is 205 g/mol. The van der Waals surface area contributed by atoms with Gasteiger partial charge in [0.25, 0.3) is 0 Å². The first kappa shape index (κ1) is 9.40. The summed E-state index contributed by atoms with van der Waals surface area (Å²) in [6.07, 6.45) is 8.05. The highest BCUT2D eigenvalue weighted by atomic mass is 15.1. The molecule has 2 aliphatic rings. The molecule has 15 heavy (non-hydrogen) atoms. The molecular weight excluding hydrogens is 186 g/mol. The Balaban J connectivity index is 1.83. The summed E-state index contributed by atoms with van der Waals surface area (Å²) in [6.45, 7) is 3.26. The van der Waals surface area contributed by atoms with Crippen molar-refractivity contribution < 1.29 is 0 Å². The minimum absolute atomic E-state index is 0.175. The van der Waals surface area contributed by atoms with Gasteiger partial charge < -0.3 is 10.3 Å². The van der Waals surface area contributed by atoms with Crippen LogP contribution in [0.5, 0.6) is 0 Å². The van der Waals surface area contributed by atoms with Crippen LogP contribution < -0.4 is 5.73 Å². The van der Waals surface area contributed by atoms with Gasteiger partial charge in [-0.15, -0.1) is 0 Å². The molecule has 1 aromatic heterocycles. The average Bonchev–Trinajstić information content (AvgIpc) is 2.86. The van der Waals surface area contributed by atoms with Crippen LogP contribution in [0.25, 0.3) is 0 Å². The van der Waals surface area contributed by atoms with Crippen LogP contribution in [0.4, 0.5) is 0 Å². The van der Waals surface area contributed by atoms with Crippen molar-refractivity contribution >= 4 is 0 Å². The second-order valence-electron chi connectivity index (χ2n) is 5.12.